The van der Waals surface area contributed by atoms with Crippen LogP contribution in [0.5, 0.6) is 0 Å². The molecule has 106 valence electrons. The Labute approximate surface area is 121 Å². The summed E-state index contributed by atoms with van der Waals surface area (Å²) in [5.41, 5.74) is 1.75. The molecule has 3 heterocycles. The van der Waals surface area contributed by atoms with Gasteiger partial charge in [0.15, 0.2) is 11.6 Å². The van der Waals surface area contributed by atoms with Crippen LogP contribution in [0.25, 0.3) is 11.4 Å². The quantitative estimate of drug-likeness (QED) is 0.784. The third-order valence-corrected chi connectivity index (χ3v) is 2.77. The number of hydrogen-bond donors (Lipinski definition) is 1. The molecule has 1 N–H and O–H groups in total. The van der Waals surface area contributed by atoms with Crippen LogP contribution in [-0.2, 0) is 6.54 Å². The van der Waals surface area contributed by atoms with Crippen LogP contribution in [0.1, 0.15) is 17.4 Å². The molecule has 0 aliphatic rings. The summed E-state index contributed by atoms with van der Waals surface area (Å²) in [5, 5.41) is 7.00. The van der Waals surface area contributed by atoms with Crippen molar-refractivity contribution >= 4 is 5.82 Å². The van der Waals surface area contributed by atoms with E-state index in [4.69, 9.17) is 4.52 Å². The van der Waals surface area contributed by atoms with Gasteiger partial charge in [-0.25, -0.2) is 9.97 Å². The Hall–Kier alpha value is -2.83. The Morgan fingerprint density at radius 1 is 1.19 bits per heavy atom. The van der Waals surface area contributed by atoms with Gasteiger partial charge in [-0.2, -0.15) is 4.98 Å². The highest BCUT2D eigenvalue weighted by atomic mass is 16.5. The molecule has 0 saturated carbocycles. The molecular weight excluding hydrogens is 268 g/mol. The fraction of sp³-hybridized carbons (Fsp3) is 0.214. The second-order valence-electron chi connectivity index (χ2n) is 4.54. The zero-order valence-electron chi connectivity index (χ0n) is 11.7. The van der Waals surface area contributed by atoms with Crippen LogP contribution in [0.15, 0.2) is 35.1 Å². The molecular formula is C14H14N6O. The van der Waals surface area contributed by atoms with E-state index in [1.165, 1.54) is 0 Å². The maximum absolute atomic E-state index is 4.93. The molecule has 0 saturated heterocycles. The molecule has 7 heteroatoms. The van der Waals surface area contributed by atoms with Crippen LogP contribution < -0.4 is 5.32 Å². The van der Waals surface area contributed by atoms with E-state index < -0.39 is 0 Å². The minimum atomic E-state index is 0.445. The Morgan fingerprint density at radius 3 is 2.81 bits per heavy atom. The van der Waals surface area contributed by atoms with E-state index in [0.29, 0.717) is 29.9 Å². The Morgan fingerprint density at radius 2 is 2.10 bits per heavy atom. The molecule has 3 aromatic heterocycles. The first-order valence-electron chi connectivity index (χ1n) is 6.50. The molecule has 0 spiro atoms. The van der Waals surface area contributed by atoms with Crippen molar-refractivity contribution in [3.05, 3.63) is 48.0 Å². The van der Waals surface area contributed by atoms with Crippen molar-refractivity contribution < 1.29 is 4.52 Å². The third-order valence-electron chi connectivity index (χ3n) is 2.77. The highest BCUT2D eigenvalue weighted by Crippen LogP contribution is 2.16. The van der Waals surface area contributed by atoms with Gasteiger partial charge in [-0.05, 0) is 19.1 Å². The van der Waals surface area contributed by atoms with Crippen molar-refractivity contribution in [3.8, 4) is 11.4 Å². The molecule has 0 aliphatic carbocycles. The zero-order chi connectivity index (χ0) is 14.7. The lowest BCUT2D eigenvalue weighted by Gasteiger charge is -2.06. The highest BCUT2D eigenvalue weighted by Gasteiger charge is 2.07. The summed E-state index contributed by atoms with van der Waals surface area (Å²) >= 11 is 0. The van der Waals surface area contributed by atoms with E-state index in [0.717, 1.165) is 11.3 Å². The Balaban J connectivity index is 1.81. The van der Waals surface area contributed by atoms with Gasteiger partial charge < -0.3 is 9.84 Å². The number of pyridine rings is 1. The van der Waals surface area contributed by atoms with Crippen molar-refractivity contribution in [3.63, 3.8) is 0 Å². The number of nitrogens with zero attached hydrogens (tertiary/aromatic N) is 5. The van der Waals surface area contributed by atoms with Crippen LogP contribution in [0.3, 0.4) is 0 Å². The molecule has 21 heavy (non-hydrogen) atoms. The Kier molecular flexibility index (Phi) is 3.55. The summed E-state index contributed by atoms with van der Waals surface area (Å²) < 4.78 is 4.93. The van der Waals surface area contributed by atoms with Gasteiger partial charge in [0.25, 0.3) is 0 Å². The van der Waals surface area contributed by atoms with Crippen LogP contribution >= 0.6 is 0 Å². The van der Waals surface area contributed by atoms with Gasteiger partial charge in [-0.3, -0.25) is 4.98 Å². The van der Waals surface area contributed by atoms with Gasteiger partial charge in [0.1, 0.15) is 5.82 Å². The fourth-order valence-corrected chi connectivity index (χ4v) is 1.87. The van der Waals surface area contributed by atoms with E-state index in [-0.39, 0.29) is 0 Å². The number of nitrogens with one attached hydrogen (secondary N) is 1. The van der Waals surface area contributed by atoms with E-state index in [9.17, 15) is 0 Å². The van der Waals surface area contributed by atoms with Crippen LogP contribution in [0.4, 0.5) is 5.82 Å². The van der Waals surface area contributed by atoms with Gasteiger partial charge >= 0.3 is 0 Å². The lowest BCUT2D eigenvalue weighted by atomic mass is 10.2. The number of aromatic nitrogens is 5. The van der Waals surface area contributed by atoms with Gasteiger partial charge in [0.2, 0.25) is 5.89 Å². The summed E-state index contributed by atoms with van der Waals surface area (Å²) in [7, 11) is 0. The average Bonchev–Trinajstić information content (AvgIpc) is 2.91. The lowest BCUT2D eigenvalue weighted by molar-refractivity contribution is 0.388. The van der Waals surface area contributed by atoms with Gasteiger partial charge in [0, 0.05) is 36.6 Å². The first kappa shape index (κ1) is 13.2. The summed E-state index contributed by atoms with van der Waals surface area (Å²) in [6.45, 7) is 4.12. The number of aryl methyl sites for hydroxylation is 2. The summed E-state index contributed by atoms with van der Waals surface area (Å²) in [4.78, 5) is 17.1. The van der Waals surface area contributed by atoms with Gasteiger partial charge in [-0.1, -0.05) is 5.16 Å². The van der Waals surface area contributed by atoms with E-state index in [1.807, 2.05) is 25.1 Å². The van der Waals surface area contributed by atoms with Gasteiger partial charge in [0.05, 0.1) is 6.54 Å². The molecule has 0 amide bonds. The number of anilines is 1. The molecule has 3 rings (SSSR count). The van der Waals surface area contributed by atoms with E-state index in [1.54, 1.807) is 19.3 Å². The summed E-state index contributed by atoms with van der Waals surface area (Å²) in [5.74, 6) is 2.48. The van der Waals surface area contributed by atoms with Crippen LogP contribution in [-0.4, -0.2) is 25.1 Å². The minimum absolute atomic E-state index is 0.445. The van der Waals surface area contributed by atoms with Crippen molar-refractivity contribution in [2.24, 2.45) is 0 Å². The SMILES string of the molecule is Cc1cc(NCc2noc(C)n2)nc(-c2cccnc2)n1. The van der Waals surface area contributed by atoms with Crippen molar-refractivity contribution in [1.82, 2.24) is 25.1 Å². The molecule has 3 aromatic rings. The van der Waals surface area contributed by atoms with E-state index in [2.05, 4.69) is 30.4 Å². The maximum atomic E-state index is 4.93. The Bertz CT molecular complexity index is 740. The largest absolute Gasteiger partial charge is 0.363 e. The normalized spacial score (nSPS) is 10.6. The number of hydrogen-bond acceptors (Lipinski definition) is 7. The smallest absolute Gasteiger partial charge is 0.223 e. The zero-order valence-corrected chi connectivity index (χ0v) is 11.7. The average molecular weight is 282 g/mol. The summed E-state index contributed by atoms with van der Waals surface area (Å²) in [6.07, 6.45) is 3.46. The number of rotatable bonds is 4. The summed E-state index contributed by atoms with van der Waals surface area (Å²) in [6, 6.07) is 5.65. The van der Waals surface area contributed by atoms with Crippen molar-refractivity contribution in [2.75, 3.05) is 5.32 Å². The van der Waals surface area contributed by atoms with Crippen molar-refractivity contribution in [2.45, 2.75) is 20.4 Å². The molecule has 0 radical (unpaired) electrons. The standard InChI is InChI=1S/C14H14N6O/c1-9-6-12(16-8-13-18-10(2)21-20-13)19-14(17-9)11-4-3-5-15-7-11/h3-7H,8H2,1-2H3,(H,16,17,19). The maximum Gasteiger partial charge on any atom is 0.223 e. The first-order chi connectivity index (χ1) is 10.2. The minimum Gasteiger partial charge on any atom is -0.363 e. The second-order valence-corrected chi connectivity index (χ2v) is 4.54. The highest BCUT2D eigenvalue weighted by molar-refractivity contribution is 5.56. The van der Waals surface area contributed by atoms with Gasteiger partial charge in [-0.15, -0.1) is 0 Å². The molecule has 0 unspecified atom stereocenters. The van der Waals surface area contributed by atoms with Crippen LogP contribution in [0.2, 0.25) is 0 Å². The predicted molar refractivity (Wildman–Crippen MR) is 76.4 cm³/mol. The molecule has 0 aliphatic heterocycles. The molecule has 0 bridgehead atoms. The molecule has 0 aromatic carbocycles. The van der Waals surface area contributed by atoms with Crippen LogP contribution in [0, 0.1) is 13.8 Å². The lowest BCUT2D eigenvalue weighted by Crippen LogP contribution is -2.05. The monoisotopic (exact) mass is 282 g/mol. The molecule has 7 nitrogen and oxygen atoms in total. The molecule has 0 atom stereocenters. The predicted octanol–water partition coefficient (Wildman–Crippen LogP) is 2.15. The topological polar surface area (TPSA) is 89.6 Å². The second kappa shape index (κ2) is 5.66. The van der Waals surface area contributed by atoms with E-state index >= 15 is 0 Å². The van der Waals surface area contributed by atoms with Crippen molar-refractivity contribution in [1.29, 1.82) is 0 Å². The fourth-order valence-electron chi connectivity index (χ4n) is 1.87. The third kappa shape index (κ3) is 3.19. The molecule has 0 fully saturated rings. The first-order valence-corrected chi connectivity index (χ1v) is 6.50.